The Morgan fingerprint density at radius 3 is 2.91 bits per heavy atom. The predicted molar refractivity (Wildman–Crippen MR) is 82.0 cm³/mol. The molecule has 0 spiro atoms. The number of morpholine rings is 1. The van der Waals surface area contributed by atoms with E-state index in [-0.39, 0.29) is 11.6 Å². The van der Waals surface area contributed by atoms with Crippen LogP contribution in [0.1, 0.15) is 10.5 Å². The number of carbonyl (C=O) groups is 1. The summed E-state index contributed by atoms with van der Waals surface area (Å²) < 4.78 is 5.28. The third-order valence-electron chi connectivity index (χ3n) is 3.67. The zero-order valence-corrected chi connectivity index (χ0v) is 12.2. The van der Waals surface area contributed by atoms with Crippen molar-refractivity contribution in [1.29, 1.82) is 0 Å². The van der Waals surface area contributed by atoms with Gasteiger partial charge in [-0.15, -0.1) is 0 Å². The number of hydrogen-bond acceptors (Lipinski definition) is 5. The molecule has 3 rings (SSSR count). The number of benzene rings is 1. The molecule has 1 aliphatic heterocycles. The first-order valence-corrected chi connectivity index (χ1v) is 7.31. The molecular weight excluding hydrogens is 284 g/mol. The van der Waals surface area contributed by atoms with Gasteiger partial charge in [0.1, 0.15) is 5.69 Å². The molecule has 0 saturated carbocycles. The van der Waals surface area contributed by atoms with Crippen molar-refractivity contribution in [3.63, 3.8) is 0 Å². The van der Waals surface area contributed by atoms with Gasteiger partial charge in [0.15, 0.2) is 0 Å². The highest BCUT2D eigenvalue weighted by atomic mass is 16.5. The number of para-hydroxylation sites is 1. The molecule has 1 aliphatic rings. The number of aromatic nitrogens is 2. The first kappa shape index (κ1) is 14.7. The Morgan fingerprint density at radius 2 is 2.09 bits per heavy atom. The van der Waals surface area contributed by atoms with Gasteiger partial charge in [-0.25, -0.2) is 4.79 Å². The number of hydrogen-bond donors (Lipinski definition) is 2. The molecule has 1 aromatic carbocycles. The molecule has 0 unspecified atom stereocenters. The number of aromatic amines is 1. The second kappa shape index (κ2) is 6.67. The van der Waals surface area contributed by atoms with Crippen molar-refractivity contribution in [3.05, 3.63) is 40.4 Å². The van der Waals surface area contributed by atoms with E-state index in [1.807, 2.05) is 6.07 Å². The summed E-state index contributed by atoms with van der Waals surface area (Å²) in [5, 5.41) is 3.47. The normalized spacial score (nSPS) is 15.8. The molecule has 0 radical (unpaired) electrons. The second-order valence-corrected chi connectivity index (χ2v) is 5.15. The van der Waals surface area contributed by atoms with E-state index >= 15 is 0 Å². The molecule has 1 saturated heterocycles. The first-order chi connectivity index (χ1) is 10.7. The van der Waals surface area contributed by atoms with Crippen LogP contribution in [0.5, 0.6) is 0 Å². The minimum absolute atomic E-state index is 0.168. The van der Waals surface area contributed by atoms with Gasteiger partial charge in [-0.05, 0) is 6.07 Å². The van der Waals surface area contributed by atoms with Crippen molar-refractivity contribution >= 4 is 16.8 Å². The number of carbonyl (C=O) groups excluding carboxylic acids is 1. The summed E-state index contributed by atoms with van der Waals surface area (Å²) in [4.78, 5) is 32.5. The number of nitrogens with one attached hydrogen (secondary N) is 2. The van der Waals surface area contributed by atoms with Gasteiger partial charge in [0.2, 0.25) is 0 Å². The Balaban J connectivity index is 1.68. The Morgan fingerprint density at radius 1 is 1.32 bits per heavy atom. The predicted octanol–water partition coefficient (Wildman–Crippen LogP) is -0.0149. The van der Waals surface area contributed by atoms with Crippen molar-refractivity contribution in [2.24, 2.45) is 0 Å². The van der Waals surface area contributed by atoms with E-state index in [1.54, 1.807) is 18.2 Å². The average molecular weight is 302 g/mol. The zero-order chi connectivity index (χ0) is 15.4. The summed E-state index contributed by atoms with van der Waals surface area (Å²) in [5.41, 5.74) is 0.263. The number of nitrogens with zero attached hydrogens (tertiary/aromatic N) is 2. The number of ether oxygens (including phenoxy) is 1. The van der Waals surface area contributed by atoms with Crippen LogP contribution >= 0.6 is 0 Å². The maximum Gasteiger partial charge on any atom is 0.346 e. The van der Waals surface area contributed by atoms with Crippen LogP contribution in [-0.2, 0) is 4.74 Å². The van der Waals surface area contributed by atoms with E-state index in [4.69, 9.17) is 4.74 Å². The minimum atomic E-state index is -0.517. The molecule has 2 aromatic rings. The maximum absolute atomic E-state index is 12.3. The summed E-state index contributed by atoms with van der Waals surface area (Å²) in [6.45, 7) is 4.49. The summed E-state index contributed by atoms with van der Waals surface area (Å²) in [6, 6.07) is 7.14. The maximum atomic E-state index is 12.3. The standard InChI is InChI=1S/C15H18N4O3/c20-14(16-5-6-19-7-9-22-10-8-19)13-11-3-1-2-4-12(11)17-15(21)18-13/h1-4H,5-10H2,(H,16,20)(H,17,18,21). The highest BCUT2D eigenvalue weighted by molar-refractivity contribution is 6.04. The van der Waals surface area contributed by atoms with Crippen LogP contribution in [0.15, 0.2) is 29.1 Å². The Hall–Kier alpha value is -2.25. The Kier molecular flexibility index (Phi) is 4.45. The third-order valence-corrected chi connectivity index (χ3v) is 3.67. The Labute approximate surface area is 127 Å². The summed E-state index contributed by atoms with van der Waals surface area (Å²) >= 11 is 0. The molecule has 0 atom stereocenters. The van der Waals surface area contributed by atoms with E-state index in [0.717, 1.165) is 32.8 Å². The van der Waals surface area contributed by atoms with Gasteiger partial charge in [-0.3, -0.25) is 9.69 Å². The van der Waals surface area contributed by atoms with Crippen molar-refractivity contribution in [1.82, 2.24) is 20.2 Å². The average Bonchev–Trinajstić information content (AvgIpc) is 2.55. The van der Waals surface area contributed by atoms with E-state index in [2.05, 4.69) is 20.2 Å². The lowest BCUT2D eigenvalue weighted by molar-refractivity contribution is 0.0383. The molecule has 0 bridgehead atoms. The van der Waals surface area contributed by atoms with Crippen molar-refractivity contribution in [2.75, 3.05) is 39.4 Å². The first-order valence-electron chi connectivity index (χ1n) is 7.31. The van der Waals surface area contributed by atoms with Gasteiger partial charge in [-0.2, -0.15) is 4.98 Å². The van der Waals surface area contributed by atoms with Crippen LogP contribution in [0.2, 0.25) is 0 Å². The molecule has 1 aromatic heterocycles. The van der Waals surface area contributed by atoms with Crippen LogP contribution in [0, 0.1) is 0 Å². The smallest absolute Gasteiger partial charge is 0.346 e. The van der Waals surface area contributed by atoms with E-state index in [1.165, 1.54) is 0 Å². The number of amides is 1. The molecular formula is C15H18N4O3. The van der Waals surface area contributed by atoms with Crippen molar-refractivity contribution < 1.29 is 9.53 Å². The summed E-state index contributed by atoms with van der Waals surface area (Å²) in [6.07, 6.45) is 0. The largest absolute Gasteiger partial charge is 0.379 e. The fourth-order valence-corrected chi connectivity index (χ4v) is 2.51. The lowest BCUT2D eigenvalue weighted by atomic mass is 10.2. The summed E-state index contributed by atoms with van der Waals surface area (Å²) in [7, 11) is 0. The number of rotatable bonds is 4. The molecule has 1 fully saturated rings. The molecule has 1 amide bonds. The highest BCUT2D eigenvalue weighted by Crippen LogP contribution is 2.12. The van der Waals surface area contributed by atoms with Crippen LogP contribution in [0.25, 0.3) is 10.9 Å². The lowest BCUT2D eigenvalue weighted by Crippen LogP contribution is -2.41. The van der Waals surface area contributed by atoms with E-state index in [0.29, 0.717) is 17.4 Å². The second-order valence-electron chi connectivity index (χ2n) is 5.15. The molecule has 0 aliphatic carbocycles. The fraction of sp³-hybridized carbons (Fsp3) is 0.400. The lowest BCUT2D eigenvalue weighted by Gasteiger charge is -2.26. The highest BCUT2D eigenvalue weighted by Gasteiger charge is 2.14. The third kappa shape index (κ3) is 3.32. The molecule has 7 heteroatoms. The van der Waals surface area contributed by atoms with Gasteiger partial charge in [0.25, 0.3) is 5.91 Å². The minimum Gasteiger partial charge on any atom is -0.379 e. The van der Waals surface area contributed by atoms with Crippen LogP contribution in [0.3, 0.4) is 0 Å². The number of H-pyrrole nitrogens is 1. The molecule has 22 heavy (non-hydrogen) atoms. The molecule has 7 nitrogen and oxygen atoms in total. The molecule has 2 N–H and O–H groups in total. The van der Waals surface area contributed by atoms with Crippen molar-refractivity contribution in [3.8, 4) is 0 Å². The van der Waals surface area contributed by atoms with Gasteiger partial charge >= 0.3 is 5.69 Å². The Bertz CT molecular complexity index is 722. The van der Waals surface area contributed by atoms with E-state index < -0.39 is 5.69 Å². The van der Waals surface area contributed by atoms with Gasteiger partial charge in [0, 0.05) is 31.6 Å². The molecule has 116 valence electrons. The van der Waals surface area contributed by atoms with Crippen LogP contribution in [-0.4, -0.2) is 60.2 Å². The molecule has 2 heterocycles. The van der Waals surface area contributed by atoms with Crippen LogP contribution in [0.4, 0.5) is 0 Å². The number of fused-ring (bicyclic) bond motifs is 1. The van der Waals surface area contributed by atoms with Gasteiger partial charge < -0.3 is 15.0 Å². The topological polar surface area (TPSA) is 87.3 Å². The van der Waals surface area contributed by atoms with E-state index in [9.17, 15) is 9.59 Å². The van der Waals surface area contributed by atoms with Crippen molar-refractivity contribution in [2.45, 2.75) is 0 Å². The van der Waals surface area contributed by atoms with Gasteiger partial charge in [-0.1, -0.05) is 18.2 Å². The quantitative estimate of drug-likeness (QED) is 0.829. The zero-order valence-electron chi connectivity index (χ0n) is 12.2. The van der Waals surface area contributed by atoms with Gasteiger partial charge in [0.05, 0.1) is 18.7 Å². The van der Waals surface area contributed by atoms with Crippen LogP contribution < -0.4 is 11.0 Å². The monoisotopic (exact) mass is 302 g/mol. The summed E-state index contributed by atoms with van der Waals surface area (Å²) in [5.74, 6) is -0.324. The SMILES string of the molecule is O=C(NCCN1CCOCC1)c1nc(=O)[nH]c2ccccc12. The fourth-order valence-electron chi connectivity index (χ4n) is 2.51.